The first-order valence-corrected chi connectivity index (χ1v) is 3.47. The van der Waals surface area contributed by atoms with Gasteiger partial charge < -0.3 is 0 Å². The standard InChI is InChI=1S/C8H12O/c1-3-7-6(2)4-5-8(7)9/h4-7H,3H2,1-2H3/t6-,7+/m1/s1. The van der Waals surface area contributed by atoms with E-state index < -0.39 is 0 Å². The zero-order valence-corrected chi connectivity index (χ0v) is 5.92. The van der Waals surface area contributed by atoms with Crippen molar-refractivity contribution in [1.82, 2.24) is 0 Å². The van der Waals surface area contributed by atoms with Crippen LogP contribution < -0.4 is 0 Å². The van der Waals surface area contributed by atoms with Crippen LogP contribution in [0.3, 0.4) is 0 Å². The van der Waals surface area contributed by atoms with Gasteiger partial charge in [-0.05, 0) is 18.4 Å². The molecule has 0 spiro atoms. The number of ketones is 1. The minimum absolute atomic E-state index is 0.282. The molecule has 9 heavy (non-hydrogen) atoms. The molecule has 1 nitrogen and oxygen atoms in total. The first-order valence-electron chi connectivity index (χ1n) is 3.47. The minimum atomic E-state index is 0.282. The molecule has 0 fully saturated rings. The van der Waals surface area contributed by atoms with E-state index in [0.29, 0.717) is 11.7 Å². The molecule has 50 valence electrons. The maximum Gasteiger partial charge on any atom is 0.159 e. The topological polar surface area (TPSA) is 17.1 Å². The molecule has 0 amide bonds. The van der Waals surface area contributed by atoms with Crippen molar-refractivity contribution in [3.8, 4) is 0 Å². The Morgan fingerprint density at radius 2 is 2.33 bits per heavy atom. The van der Waals surface area contributed by atoms with Crippen LogP contribution >= 0.6 is 0 Å². The highest BCUT2D eigenvalue weighted by Gasteiger charge is 2.23. The Morgan fingerprint density at radius 1 is 1.67 bits per heavy atom. The van der Waals surface area contributed by atoms with Gasteiger partial charge in [-0.1, -0.05) is 19.9 Å². The van der Waals surface area contributed by atoms with Crippen LogP contribution in [0, 0.1) is 11.8 Å². The third kappa shape index (κ3) is 1.04. The van der Waals surface area contributed by atoms with Gasteiger partial charge in [0.1, 0.15) is 0 Å². The molecule has 0 radical (unpaired) electrons. The van der Waals surface area contributed by atoms with E-state index in [1.807, 2.05) is 6.08 Å². The van der Waals surface area contributed by atoms with Crippen molar-refractivity contribution in [2.24, 2.45) is 11.8 Å². The molecular weight excluding hydrogens is 112 g/mol. The molecule has 2 atom stereocenters. The van der Waals surface area contributed by atoms with Crippen LogP contribution in [0.1, 0.15) is 20.3 Å². The largest absolute Gasteiger partial charge is 0.295 e. The Morgan fingerprint density at radius 3 is 2.56 bits per heavy atom. The molecule has 1 heteroatoms. The van der Waals surface area contributed by atoms with E-state index in [1.54, 1.807) is 6.08 Å². The van der Waals surface area contributed by atoms with Crippen molar-refractivity contribution in [1.29, 1.82) is 0 Å². The molecule has 0 saturated heterocycles. The highest BCUT2D eigenvalue weighted by atomic mass is 16.1. The van der Waals surface area contributed by atoms with Gasteiger partial charge in [0.2, 0.25) is 0 Å². The molecule has 0 saturated carbocycles. The van der Waals surface area contributed by atoms with E-state index in [-0.39, 0.29) is 5.92 Å². The molecule has 0 aromatic carbocycles. The van der Waals surface area contributed by atoms with Crippen molar-refractivity contribution < 1.29 is 4.79 Å². The normalized spacial score (nSPS) is 33.8. The molecule has 0 unspecified atom stereocenters. The van der Waals surface area contributed by atoms with Crippen molar-refractivity contribution in [2.75, 3.05) is 0 Å². The van der Waals surface area contributed by atoms with Crippen LogP contribution in [0.2, 0.25) is 0 Å². The number of rotatable bonds is 1. The second-order valence-corrected chi connectivity index (χ2v) is 2.64. The average molecular weight is 124 g/mol. The van der Waals surface area contributed by atoms with E-state index in [0.717, 1.165) is 6.42 Å². The van der Waals surface area contributed by atoms with Crippen LogP contribution in [-0.4, -0.2) is 5.78 Å². The van der Waals surface area contributed by atoms with Crippen LogP contribution in [-0.2, 0) is 4.79 Å². The molecule has 1 aliphatic rings. The van der Waals surface area contributed by atoms with E-state index in [2.05, 4.69) is 13.8 Å². The summed E-state index contributed by atoms with van der Waals surface area (Å²) in [5.74, 6) is 1.07. The molecule has 1 rings (SSSR count). The molecule has 0 heterocycles. The van der Waals surface area contributed by atoms with Crippen molar-refractivity contribution in [2.45, 2.75) is 20.3 Å². The summed E-state index contributed by atoms with van der Waals surface area (Å²) in [6.07, 6.45) is 4.68. The van der Waals surface area contributed by atoms with Crippen LogP contribution in [0.15, 0.2) is 12.2 Å². The van der Waals surface area contributed by atoms with Crippen LogP contribution in [0.5, 0.6) is 0 Å². The Hall–Kier alpha value is -0.590. The fraction of sp³-hybridized carbons (Fsp3) is 0.625. The lowest BCUT2D eigenvalue weighted by Gasteiger charge is -2.08. The molecule has 0 aliphatic heterocycles. The van der Waals surface area contributed by atoms with E-state index >= 15 is 0 Å². The molecule has 0 bridgehead atoms. The summed E-state index contributed by atoms with van der Waals surface area (Å²) in [5.41, 5.74) is 0. The first-order chi connectivity index (χ1) is 4.25. The second kappa shape index (κ2) is 2.34. The fourth-order valence-electron chi connectivity index (χ4n) is 1.34. The summed E-state index contributed by atoms with van der Waals surface area (Å²) >= 11 is 0. The van der Waals surface area contributed by atoms with Crippen LogP contribution in [0.25, 0.3) is 0 Å². The number of hydrogen-bond acceptors (Lipinski definition) is 1. The summed E-state index contributed by atoms with van der Waals surface area (Å²) in [4.78, 5) is 10.9. The average Bonchev–Trinajstić information content (AvgIpc) is 2.12. The van der Waals surface area contributed by atoms with Crippen molar-refractivity contribution in [3.05, 3.63) is 12.2 Å². The highest BCUT2D eigenvalue weighted by Crippen LogP contribution is 2.23. The van der Waals surface area contributed by atoms with Gasteiger partial charge in [0, 0.05) is 5.92 Å². The maximum absolute atomic E-state index is 10.9. The lowest BCUT2D eigenvalue weighted by atomic mass is 9.94. The zero-order valence-electron chi connectivity index (χ0n) is 5.92. The third-order valence-corrected chi connectivity index (χ3v) is 2.00. The zero-order chi connectivity index (χ0) is 6.85. The summed E-state index contributed by atoms with van der Waals surface area (Å²) in [7, 11) is 0. The summed E-state index contributed by atoms with van der Waals surface area (Å²) in [6, 6.07) is 0. The summed E-state index contributed by atoms with van der Waals surface area (Å²) in [6.45, 7) is 4.15. The monoisotopic (exact) mass is 124 g/mol. The van der Waals surface area contributed by atoms with Gasteiger partial charge in [-0.3, -0.25) is 4.79 Å². The second-order valence-electron chi connectivity index (χ2n) is 2.64. The Kier molecular flexibility index (Phi) is 1.70. The van der Waals surface area contributed by atoms with Gasteiger partial charge in [-0.25, -0.2) is 0 Å². The van der Waals surface area contributed by atoms with E-state index in [1.165, 1.54) is 0 Å². The third-order valence-electron chi connectivity index (χ3n) is 2.00. The van der Waals surface area contributed by atoms with Crippen LogP contribution in [0.4, 0.5) is 0 Å². The summed E-state index contributed by atoms with van der Waals surface area (Å²) < 4.78 is 0. The predicted octanol–water partition coefficient (Wildman–Crippen LogP) is 1.79. The molecule has 0 aromatic rings. The Bertz CT molecular complexity index is 147. The van der Waals surface area contributed by atoms with Crippen molar-refractivity contribution in [3.63, 3.8) is 0 Å². The highest BCUT2D eigenvalue weighted by molar-refractivity contribution is 5.94. The SMILES string of the molecule is CC[C@@H]1C(=O)C=C[C@H]1C. The number of hydrogen-bond donors (Lipinski definition) is 0. The fourth-order valence-corrected chi connectivity index (χ4v) is 1.34. The molecule has 0 aromatic heterocycles. The maximum atomic E-state index is 10.9. The van der Waals surface area contributed by atoms with Crippen molar-refractivity contribution >= 4 is 5.78 Å². The lowest BCUT2D eigenvalue weighted by Crippen LogP contribution is -2.11. The predicted molar refractivity (Wildman–Crippen MR) is 37.1 cm³/mol. The van der Waals surface area contributed by atoms with Gasteiger partial charge in [-0.15, -0.1) is 0 Å². The molecular formula is C8H12O. The number of carbonyl (C=O) groups excluding carboxylic acids is 1. The smallest absolute Gasteiger partial charge is 0.159 e. The van der Waals surface area contributed by atoms with Gasteiger partial charge in [-0.2, -0.15) is 0 Å². The lowest BCUT2D eigenvalue weighted by molar-refractivity contribution is -0.118. The number of carbonyl (C=O) groups is 1. The van der Waals surface area contributed by atoms with E-state index in [4.69, 9.17) is 0 Å². The van der Waals surface area contributed by atoms with Gasteiger partial charge in [0.05, 0.1) is 0 Å². The quantitative estimate of drug-likeness (QED) is 0.520. The summed E-state index contributed by atoms with van der Waals surface area (Å²) in [5, 5.41) is 0. The van der Waals surface area contributed by atoms with Gasteiger partial charge >= 0.3 is 0 Å². The Labute approximate surface area is 55.8 Å². The van der Waals surface area contributed by atoms with E-state index in [9.17, 15) is 4.79 Å². The first kappa shape index (κ1) is 6.53. The molecule has 0 N–H and O–H groups in total. The van der Waals surface area contributed by atoms with Gasteiger partial charge in [0.15, 0.2) is 5.78 Å². The number of allylic oxidation sites excluding steroid dienone is 2. The Balaban J connectivity index is 2.63. The minimum Gasteiger partial charge on any atom is -0.295 e. The molecule has 1 aliphatic carbocycles. The van der Waals surface area contributed by atoms with Gasteiger partial charge in [0.25, 0.3) is 0 Å².